The first-order valence-corrected chi connectivity index (χ1v) is 7.48. The SMILES string of the molecule is COc1ccc(Br)cc1CC(=O)NC(CO)CC(C)C. The summed E-state index contributed by atoms with van der Waals surface area (Å²) >= 11 is 3.39. The summed E-state index contributed by atoms with van der Waals surface area (Å²) in [5.74, 6) is 1.00. The molecule has 0 aliphatic heterocycles. The average Bonchev–Trinajstić information content (AvgIpc) is 2.37. The van der Waals surface area contributed by atoms with Crippen LogP contribution in [0.4, 0.5) is 0 Å². The van der Waals surface area contributed by atoms with Gasteiger partial charge in [0.05, 0.1) is 26.2 Å². The predicted octanol–water partition coefficient (Wildman–Crippen LogP) is 2.52. The molecule has 0 fully saturated rings. The molecule has 4 nitrogen and oxygen atoms in total. The second-order valence-electron chi connectivity index (χ2n) is 5.21. The third kappa shape index (κ3) is 5.51. The van der Waals surface area contributed by atoms with Crippen molar-refractivity contribution in [2.24, 2.45) is 5.92 Å². The number of aliphatic hydroxyl groups is 1. The Kier molecular flexibility index (Phi) is 7.02. The van der Waals surface area contributed by atoms with E-state index < -0.39 is 0 Å². The van der Waals surface area contributed by atoms with Crippen molar-refractivity contribution in [3.63, 3.8) is 0 Å². The number of methoxy groups -OCH3 is 1. The average molecular weight is 344 g/mol. The number of carbonyl (C=O) groups is 1. The number of hydrogen-bond donors (Lipinski definition) is 2. The maximum absolute atomic E-state index is 12.0. The van der Waals surface area contributed by atoms with Gasteiger partial charge in [0.2, 0.25) is 5.91 Å². The molecule has 0 aromatic heterocycles. The molecule has 1 amide bonds. The minimum atomic E-state index is -0.194. The standard InChI is InChI=1S/C15H22BrNO3/c1-10(2)6-13(9-18)17-15(19)8-11-7-12(16)4-5-14(11)20-3/h4-5,7,10,13,18H,6,8-9H2,1-3H3,(H,17,19). The van der Waals surface area contributed by atoms with E-state index >= 15 is 0 Å². The largest absolute Gasteiger partial charge is 0.496 e. The molecule has 0 aliphatic rings. The molecule has 1 rings (SSSR count). The molecule has 2 N–H and O–H groups in total. The Bertz CT molecular complexity index is 449. The van der Waals surface area contributed by atoms with E-state index in [1.807, 2.05) is 18.2 Å². The van der Waals surface area contributed by atoms with Crippen molar-refractivity contribution < 1.29 is 14.6 Å². The van der Waals surface area contributed by atoms with Crippen molar-refractivity contribution in [1.29, 1.82) is 0 Å². The Morgan fingerprint density at radius 1 is 1.45 bits per heavy atom. The molecule has 0 radical (unpaired) electrons. The van der Waals surface area contributed by atoms with Gasteiger partial charge in [0.25, 0.3) is 0 Å². The van der Waals surface area contributed by atoms with Crippen LogP contribution in [0, 0.1) is 5.92 Å². The molecule has 20 heavy (non-hydrogen) atoms. The number of carbonyl (C=O) groups excluding carboxylic acids is 1. The fraction of sp³-hybridized carbons (Fsp3) is 0.533. The number of amides is 1. The van der Waals surface area contributed by atoms with Gasteiger partial charge in [-0.15, -0.1) is 0 Å². The molecule has 1 aromatic rings. The van der Waals surface area contributed by atoms with Gasteiger partial charge in [-0.05, 0) is 30.5 Å². The number of benzene rings is 1. The van der Waals surface area contributed by atoms with Crippen LogP contribution >= 0.6 is 15.9 Å². The van der Waals surface area contributed by atoms with Crippen LogP contribution in [-0.4, -0.2) is 30.8 Å². The minimum Gasteiger partial charge on any atom is -0.496 e. The van der Waals surface area contributed by atoms with E-state index in [2.05, 4.69) is 35.1 Å². The highest BCUT2D eigenvalue weighted by atomic mass is 79.9. The summed E-state index contributed by atoms with van der Waals surface area (Å²) in [6.45, 7) is 4.08. The molecule has 0 saturated heterocycles. The van der Waals surface area contributed by atoms with Gasteiger partial charge < -0.3 is 15.2 Å². The summed E-state index contributed by atoms with van der Waals surface area (Å²) in [5.41, 5.74) is 0.820. The Balaban J connectivity index is 2.68. The Labute approximate surface area is 128 Å². The highest BCUT2D eigenvalue weighted by Gasteiger charge is 2.15. The molecular weight excluding hydrogens is 322 g/mol. The third-order valence-corrected chi connectivity index (χ3v) is 3.43. The molecule has 5 heteroatoms. The lowest BCUT2D eigenvalue weighted by molar-refractivity contribution is -0.121. The molecule has 1 aromatic carbocycles. The molecule has 112 valence electrons. The van der Waals surface area contributed by atoms with Crippen molar-refractivity contribution in [2.75, 3.05) is 13.7 Å². The number of aliphatic hydroxyl groups excluding tert-OH is 1. The van der Waals surface area contributed by atoms with Crippen molar-refractivity contribution in [3.05, 3.63) is 28.2 Å². The second-order valence-corrected chi connectivity index (χ2v) is 6.13. The van der Waals surface area contributed by atoms with Gasteiger partial charge in [-0.1, -0.05) is 29.8 Å². The van der Waals surface area contributed by atoms with Gasteiger partial charge in [-0.2, -0.15) is 0 Å². The number of rotatable bonds is 7. The molecule has 0 heterocycles. The fourth-order valence-electron chi connectivity index (χ4n) is 2.09. The van der Waals surface area contributed by atoms with E-state index in [-0.39, 0.29) is 25.0 Å². The third-order valence-electron chi connectivity index (χ3n) is 2.93. The van der Waals surface area contributed by atoms with Crippen LogP contribution in [0.2, 0.25) is 0 Å². The van der Waals surface area contributed by atoms with E-state index in [4.69, 9.17) is 4.74 Å². The van der Waals surface area contributed by atoms with Gasteiger partial charge >= 0.3 is 0 Å². The maximum atomic E-state index is 12.0. The Morgan fingerprint density at radius 2 is 2.15 bits per heavy atom. The van der Waals surface area contributed by atoms with Gasteiger partial charge in [0.15, 0.2) is 0 Å². The van der Waals surface area contributed by atoms with E-state index in [0.717, 1.165) is 16.5 Å². The zero-order valence-corrected chi connectivity index (χ0v) is 13.7. The van der Waals surface area contributed by atoms with Crippen molar-refractivity contribution in [3.8, 4) is 5.75 Å². The monoisotopic (exact) mass is 343 g/mol. The normalized spacial score (nSPS) is 12.3. The van der Waals surface area contributed by atoms with Gasteiger partial charge in [-0.25, -0.2) is 0 Å². The van der Waals surface area contributed by atoms with Crippen LogP contribution in [-0.2, 0) is 11.2 Å². The summed E-state index contributed by atoms with van der Waals surface area (Å²) in [4.78, 5) is 12.0. The van der Waals surface area contributed by atoms with Crippen molar-refractivity contribution in [1.82, 2.24) is 5.32 Å². The highest BCUT2D eigenvalue weighted by Crippen LogP contribution is 2.23. The van der Waals surface area contributed by atoms with E-state index in [1.165, 1.54) is 0 Å². The number of nitrogens with one attached hydrogen (secondary N) is 1. The van der Waals surface area contributed by atoms with Crippen LogP contribution < -0.4 is 10.1 Å². The quantitative estimate of drug-likeness (QED) is 0.799. The molecule has 0 saturated carbocycles. The van der Waals surface area contributed by atoms with Crippen LogP contribution in [0.15, 0.2) is 22.7 Å². The van der Waals surface area contributed by atoms with E-state index in [0.29, 0.717) is 11.7 Å². The summed E-state index contributed by atoms with van der Waals surface area (Å²) in [6.07, 6.45) is 0.995. The van der Waals surface area contributed by atoms with Gasteiger partial charge in [0.1, 0.15) is 5.75 Å². The van der Waals surface area contributed by atoms with Crippen molar-refractivity contribution in [2.45, 2.75) is 32.7 Å². The fourth-order valence-corrected chi connectivity index (χ4v) is 2.49. The molecular formula is C15H22BrNO3. The first-order chi connectivity index (χ1) is 9.46. The van der Waals surface area contributed by atoms with Crippen molar-refractivity contribution >= 4 is 21.8 Å². The lowest BCUT2D eigenvalue weighted by atomic mass is 10.0. The van der Waals surface area contributed by atoms with Crippen LogP contribution in [0.25, 0.3) is 0 Å². The summed E-state index contributed by atoms with van der Waals surface area (Å²) in [6, 6.07) is 5.37. The number of halogens is 1. The maximum Gasteiger partial charge on any atom is 0.224 e. The smallest absolute Gasteiger partial charge is 0.224 e. The minimum absolute atomic E-state index is 0.0421. The first kappa shape index (κ1) is 17.0. The van der Waals surface area contributed by atoms with Gasteiger partial charge in [-0.3, -0.25) is 4.79 Å². The van der Waals surface area contributed by atoms with Crippen LogP contribution in [0.3, 0.4) is 0 Å². The molecule has 0 spiro atoms. The van der Waals surface area contributed by atoms with E-state index in [1.54, 1.807) is 7.11 Å². The molecule has 0 aliphatic carbocycles. The zero-order chi connectivity index (χ0) is 15.1. The Hall–Kier alpha value is -1.07. The number of ether oxygens (including phenoxy) is 1. The Morgan fingerprint density at radius 3 is 2.70 bits per heavy atom. The molecule has 1 atom stereocenters. The second kappa shape index (κ2) is 8.27. The topological polar surface area (TPSA) is 58.6 Å². The lowest BCUT2D eigenvalue weighted by Crippen LogP contribution is -2.39. The summed E-state index contributed by atoms with van der Waals surface area (Å²) < 4.78 is 6.15. The highest BCUT2D eigenvalue weighted by molar-refractivity contribution is 9.10. The number of hydrogen-bond acceptors (Lipinski definition) is 3. The van der Waals surface area contributed by atoms with Crippen LogP contribution in [0.5, 0.6) is 5.75 Å². The summed E-state index contributed by atoms with van der Waals surface area (Å²) in [7, 11) is 1.58. The lowest BCUT2D eigenvalue weighted by Gasteiger charge is -2.18. The molecule has 1 unspecified atom stereocenters. The van der Waals surface area contributed by atoms with E-state index in [9.17, 15) is 9.90 Å². The first-order valence-electron chi connectivity index (χ1n) is 6.68. The van der Waals surface area contributed by atoms with Crippen LogP contribution in [0.1, 0.15) is 25.8 Å². The zero-order valence-electron chi connectivity index (χ0n) is 12.1. The molecule has 0 bridgehead atoms. The predicted molar refractivity (Wildman–Crippen MR) is 82.9 cm³/mol. The summed E-state index contributed by atoms with van der Waals surface area (Å²) in [5, 5.41) is 12.1. The van der Waals surface area contributed by atoms with Gasteiger partial charge in [0, 0.05) is 10.0 Å².